The maximum Gasteiger partial charge on any atom is 0.273 e. The number of benzene rings is 1. The zero-order valence-electron chi connectivity index (χ0n) is 10.3. The molecule has 0 aliphatic heterocycles. The largest absolute Gasteiger partial charge is 0.496 e. The van der Waals surface area contributed by atoms with Crippen LogP contribution in [0.15, 0.2) is 18.2 Å². The lowest BCUT2D eigenvalue weighted by Gasteiger charge is -2.09. The molecule has 1 aromatic rings. The van der Waals surface area contributed by atoms with Gasteiger partial charge >= 0.3 is 0 Å². The van der Waals surface area contributed by atoms with Gasteiger partial charge in [0.05, 0.1) is 18.1 Å². The van der Waals surface area contributed by atoms with Gasteiger partial charge in [0.15, 0.2) is 0 Å². The zero-order chi connectivity index (χ0) is 14.4. The summed E-state index contributed by atoms with van der Waals surface area (Å²) < 4.78 is 4.96. The van der Waals surface area contributed by atoms with Gasteiger partial charge < -0.3 is 20.9 Å². The number of nitrogens with zero attached hydrogens (tertiary/aromatic N) is 1. The topological polar surface area (TPSA) is 128 Å². The normalized spacial score (nSPS) is 11.9. The lowest BCUT2D eigenvalue weighted by molar-refractivity contribution is -0.385. The maximum absolute atomic E-state index is 10.7. The molecule has 1 atom stereocenters. The Labute approximate surface area is 109 Å². The molecule has 0 saturated carbocycles. The van der Waals surface area contributed by atoms with E-state index in [0.29, 0.717) is 11.3 Å². The Bertz CT molecular complexity index is 477. The lowest BCUT2D eigenvalue weighted by Crippen LogP contribution is -2.37. The number of methoxy groups -OCH3 is 1. The van der Waals surface area contributed by atoms with Gasteiger partial charge in [0.2, 0.25) is 5.91 Å². The van der Waals surface area contributed by atoms with Crippen LogP contribution in [0.25, 0.3) is 0 Å². The number of rotatable bonds is 7. The quantitative estimate of drug-likeness (QED) is 0.454. The second kappa shape index (κ2) is 6.66. The third-order valence-corrected chi connectivity index (χ3v) is 2.39. The van der Waals surface area contributed by atoms with Gasteiger partial charge in [-0.2, -0.15) is 0 Å². The van der Waals surface area contributed by atoms with Crippen molar-refractivity contribution in [2.24, 2.45) is 5.73 Å². The van der Waals surface area contributed by atoms with Crippen LogP contribution < -0.4 is 15.8 Å². The van der Waals surface area contributed by atoms with E-state index in [0.717, 1.165) is 0 Å². The van der Waals surface area contributed by atoms with Crippen molar-refractivity contribution >= 4 is 11.6 Å². The maximum atomic E-state index is 10.7. The van der Waals surface area contributed by atoms with Crippen molar-refractivity contribution in [2.45, 2.75) is 12.6 Å². The van der Waals surface area contributed by atoms with Crippen molar-refractivity contribution in [1.29, 1.82) is 0 Å². The third-order valence-electron chi connectivity index (χ3n) is 2.39. The highest BCUT2D eigenvalue weighted by molar-refractivity contribution is 5.78. The van der Waals surface area contributed by atoms with Crippen LogP contribution in [-0.4, -0.2) is 35.7 Å². The number of primary amides is 1. The number of amides is 1. The van der Waals surface area contributed by atoms with Gasteiger partial charge in [0, 0.05) is 19.2 Å². The minimum absolute atomic E-state index is 0.0274. The first-order valence-corrected chi connectivity index (χ1v) is 5.44. The number of nitro benzene ring substituents is 1. The molecule has 1 aromatic carbocycles. The molecule has 0 saturated heterocycles. The van der Waals surface area contributed by atoms with Crippen molar-refractivity contribution in [1.82, 2.24) is 5.32 Å². The first-order chi connectivity index (χ1) is 8.93. The molecule has 1 amide bonds. The average Bonchev–Trinajstić information content (AvgIpc) is 2.37. The van der Waals surface area contributed by atoms with E-state index in [2.05, 4.69) is 5.32 Å². The van der Waals surface area contributed by atoms with Crippen LogP contribution in [0.1, 0.15) is 5.56 Å². The van der Waals surface area contributed by atoms with E-state index < -0.39 is 16.9 Å². The molecule has 0 fully saturated rings. The van der Waals surface area contributed by atoms with Crippen molar-refractivity contribution < 1.29 is 19.6 Å². The standard InChI is InChI=1S/C11H15N3O5/c1-19-9-3-7(2-8(4-9)14(17)18)5-13-6-10(15)11(12)16/h2-4,10,13,15H,5-6H2,1H3,(H2,12,16). The van der Waals surface area contributed by atoms with Crippen molar-refractivity contribution in [3.8, 4) is 5.75 Å². The average molecular weight is 269 g/mol. The minimum atomic E-state index is -1.29. The van der Waals surface area contributed by atoms with E-state index in [1.54, 1.807) is 6.07 Å². The summed E-state index contributed by atoms with van der Waals surface area (Å²) in [7, 11) is 1.41. The molecule has 0 heterocycles. The van der Waals surface area contributed by atoms with Gasteiger partial charge in [-0.05, 0) is 11.6 Å². The first kappa shape index (κ1) is 14.9. The summed E-state index contributed by atoms with van der Waals surface area (Å²) in [6.07, 6.45) is -1.29. The van der Waals surface area contributed by atoms with Crippen LogP contribution in [0.4, 0.5) is 5.69 Å². The number of nitro groups is 1. The Hall–Kier alpha value is -2.19. The number of nitrogens with one attached hydrogen (secondary N) is 1. The van der Waals surface area contributed by atoms with Crippen molar-refractivity contribution in [3.05, 3.63) is 33.9 Å². The predicted molar refractivity (Wildman–Crippen MR) is 66.6 cm³/mol. The van der Waals surface area contributed by atoms with E-state index in [1.807, 2.05) is 0 Å². The number of aliphatic hydroxyl groups is 1. The number of non-ortho nitro benzene ring substituents is 1. The Balaban J connectivity index is 2.70. The summed E-state index contributed by atoms with van der Waals surface area (Å²) in [4.78, 5) is 20.8. The fourth-order valence-corrected chi connectivity index (χ4v) is 1.42. The summed E-state index contributed by atoms with van der Waals surface area (Å²) >= 11 is 0. The highest BCUT2D eigenvalue weighted by atomic mass is 16.6. The second-order valence-corrected chi connectivity index (χ2v) is 3.85. The van der Waals surface area contributed by atoms with Gasteiger partial charge in [-0.25, -0.2) is 0 Å². The van der Waals surface area contributed by atoms with Crippen LogP contribution >= 0.6 is 0 Å². The van der Waals surface area contributed by atoms with Crippen LogP contribution in [0.5, 0.6) is 5.75 Å². The Morgan fingerprint density at radius 1 is 1.58 bits per heavy atom. The molecule has 104 valence electrons. The first-order valence-electron chi connectivity index (χ1n) is 5.44. The van der Waals surface area contributed by atoms with Crippen molar-refractivity contribution in [3.63, 3.8) is 0 Å². The van der Waals surface area contributed by atoms with E-state index in [1.165, 1.54) is 19.2 Å². The van der Waals surface area contributed by atoms with E-state index in [9.17, 15) is 20.0 Å². The van der Waals surface area contributed by atoms with Crippen LogP contribution in [0, 0.1) is 10.1 Å². The predicted octanol–water partition coefficient (Wildman–Crippen LogP) is -0.461. The molecule has 0 aromatic heterocycles. The summed E-state index contributed by atoms with van der Waals surface area (Å²) in [6, 6.07) is 4.31. The highest BCUT2D eigenvalue weighted by Crippen LogP contribution is 2.22. The number of ether oxygens (including phenoxy) is 1. The molecule has 1 rings (SSSR count). The van der Waals surface area contributed by atoms with E-state index >= 15 is 0 Å². The molecular weight excluding hydrogens is 254 g/mol. The van der Waals surface area contributed by atoms with Gasteiger partial charge in [-0.1, -0.05) is 0 Å². The number of hydrogen-bond donors (Lipinski definition) is 3. The summed E-state index contributed by atoms with van der Waals surface area (Å²) in [5, 5.41) is 22.7. The van der Waals surface area contributed by atoms with Gasteiger partial charge in [0.25, 0.3) is 5.69 Å². The third kappa shape index (κ3) is 4.53. The zero-order valence-corrected chi connectivity index (χ0v) is 10.3. The molecule has 0 aliphatic rings. The summed E-state index contributed by atoms with van der Waals surface area (Å²) in [5.41, 5.74) is 5.40. The molecule has 8 nitrogen and oxygen atoms in total. The molecule has 8 heteroatoms. The fourth-order valence-electron chi connectivity index (χ4n) is 1.42. The Kier molecular flexibility index (Phi) is 5.22. The summed E-state index contributed by atoms with van der Waals surface area (Å²) in [5.74, 6) is -0.467. The van der Waals surface area contributed by atoms with E-state index in [4.69, 9.17) is 10.5 Å². The van der Waals surface area contributed by atoms with Crippen LogP contribution in [0.2, 0.25) is 0 Å². The van der Waals surface area contributed by atoms with Crippen LogP contribution in [0.3, 0.4) is 0 Å². The molecule has 4 N–H and O–H groups in total. The number of aliphatic hydroxyl groups excluding tert-OH is 1. The van der Waals surface area contributed by atoms with E-state index in [-0.39, 0.29) is 18.8 Å². The lowest BCUT2D eigenvalue weighted by atomic mass is 10.2. The number of nitrogens with two attached hydrogens (primary N) is 1. The Morgan fingerprint density at radius 3 is 2.79 bits per heavy atom. The number of hydrogen-bond acceptors (Lipinski definition) is 6. The molecule has 0 spiro atoms. The highest BCUT2D eigenvalue weighted by Gasteiger charge is 2.12. The molecule has 19 heavy (non-hydrogen) atoms. The molecule has 1 unspecified atom stereocenters. The minimum Gasteiger partial charge on any atom is -0.496 e. The number of carbonyl (C=O) groups excluding carboxylic acids is 1. The monoisotopic (exact) mass is 269 g/mol. The van der Waals surface area contributed by atoms with Gasteiger partial charge in [-0.15, -0.1) is 0 Å². The molecule has 0 aliphatic carbocycles. The summed E-state index contributed by atoms with van der Waals surface area (Å²) in [6.45, 7) is 0.211. The Morgan fingerprint density at radius 2 is 2.26 bits per heavy atom. The SMILES string of the molecule is COc1cc(CNCC(O)C(N)=O)cc([N+](=O)[O-])c1. The van der Waals surface area contributed by atoms with Crippen molar-refractivity contribution in [2.75, 3.05) is 13.7 Å². The number of carbonyl (C=O) groups is 1. The van der Waals surface area contributed by atoms with Gasteiger partial charge in [-0.3, -0.25) is 14.9 Å². The van der Waals surface area contributed by atoms with Gasteiger partial charge in [0.1, 0.15) is 11.9 Å². The second-order valence-electron chi connectivity index (χ2n) is 3.85. The molecule has 0 radical (unpaired) electrons. The van der Waals surface area contributed by atoms with Crippen LogP contribution in [-0.2, 0) is 11.3 Å². The fraction of sp³-hybridized carbons (Fsp3) is 0.364. The molecular formula is C11H15N3O5. The molecule has 0 bridgehead atoms. The smallest absolute Gasteiger partial charge is 0.273 e.